The summed E-state index contributed by atoms with van der Waals surface area (Å²) in [5.41, 5.74) is 4.17. The van der Waals surface area contributed by atoms with Gasteiger partial charge in [-0.15, -0.1) is 0 Å². The fourth-order valence-corrected chi connectivity index (χ4v) is 2.74. The number of para-hydroxylation sites is 1. The van der Waals surface area contributed by atoms with E-state index in [1.165, 1.54) is 67.1 Å². The fourth-order valence-electron chi connectivity index (χ4n) is 2.74. The molecule has 0 radical (unpaired) electrons. The van der Waals surface area contributed by atoms with Gasteiger partial charge in [0.1, 0.15) is 0 Å². The Hall–Kier alpha value is -1.24. The number of unbranched alkanes of at least 4 members (excludes halogenated alkanes) is 5. The number of aryl methyl sites for hydroxylation is 2. The average molecular weight is 243 g/mol. The highest BCUT2D eigenvalue weighted by molar-refractivity contribution is 5.84. The Morgan fingerprint density at radius 2 is 1.67 bits per heavy atom. The molecule has 0 unspecified atom stereocenters. The van der Waals surface area contributed by atoms with Gasteiger partial charge in [-0.05, 0) is 31.4 Å². The summed E-state index contributed by atoms with van der Waals surface area (Å²) < 4.78 is 0. The number of aromatic nitrogens is 1. The van der Waals surface area contributed by atoms with Crippen LogP contribution in [0.15, 0.2) is 24.3 Å². The highest BCUT2D eigenvalue weighted by Gasteiger charge is 2.06. The number of nitrogens with one attached hydrogen (secondary N) is 1. The maximum absolute atomic E-state index is 3.49. The van der Waals surface area contributed by atoms with Crippen LogP contribution in [0.25, 0.3) is 10.9 Å². The van der Waals surface area contributed by atoms with Gasteiger partial charge in [0.25, 0.3) is 0 Å². The van der Waals surface area contributed by atoms with Crippen molar-refractivity contribution in [1.29, 1.82) is 0 Å². The molecule has 1 aromatic heterocycles. The molecule has 1 aromatic carbocycles. The van der Waals surface area contributed by atoms with Gasteiger partial charge in [0.15, 0.2) is 0 Å². The molecule has 1 heteroatoms. The molecule has 0 saturated heterocycles. The first-order valence-corrected chi connectivity index (χ1v) is 7.39. The third-order valence-corrected chi connectivity index (χ3v) is 3.81. The predicted molar refractivity (Wildman–Crippen MR) is 80.1 cm³/mol. The summed E-state index contributed by atoms with van der Waals surface area (Å²) in [6.45, 7) is 4.47. The highest BCUT2D eigenvalue weighted by Crippen LogP contribution is 2.23. The van der Waals surface area contributed by atoms with Crippen molar-refractivity contribution in [2.75, 3.05) is 0 Å². The number of rotatable bonds is 7. The quantitative estimate of drug-likeness (QED) is 0.628. The minimum absolute atomic E-state index is 1.22. The van der Waals surface area contributed by atoms with E-state index in [9.17, 15) is 0 Å². The number of fused-ring (bicyclic) bond motifs is 1. The van der Waals surface area contributed by atoms with E-state index in [0.29, 0.717) is 0 Å². The summed E-state index contributed by atoms with van der Waals surface area (Å²) in [6, 6.07) is 8.66. The van der Waals surface area contributed by atoms with Crippen LogP contribution >= 0.6 is 0 Å². The second kappa shape index (κ2) is 6.63. The third-order valence-electron chi connectivity index (χ3n) is 3.81. The molecule has 0 fully saturated rings. The van der Waals surface area contributed by atoms with Gasteiger partial charge in [-0.3, -0.25) is 0 Å². The van der Waals surface area contributed by atoms with Gasteiger partial charge in [0, 0.05) is 16.6 Å². The Morgan fingerprint density at radius 3 is 2.50 bits per heavy atom. The molecule has 0 aliphatic rings. The van der Waals surface area contributed by atoms with E-state index in [2.05, 4.69) is 43.1 Å². The summed E-state index contributed by atoms with van der Waals surface area (Å²) in [5, 5.41) is 1.42. The lowest BCUT2D eigenvalue weighted by atomic mass is 10.0. The molecular weight excluding hydrogens is 218 g/mol. The minimum Gasteiger partial charge on any atom is -0.358 e. The van der Waals surface area contributed by atoms with Crippen LogP contribution in [0.1, 0.15) is 56.7 Å². The number of hydrogen-bond acceptors (Lipinski definition) is 0. The lowest BCUT2D eigenvalue weighted by Crippen LogP contribution is -1.88. The molecule has 1 heterocycles. The van der Waals surface area contributed by atoms with Crippen molar-refractivity contribution in [3.8, 4) is 0 Å². The zero-order valence-electron chi connectivity index (χ0n) is 11.8. The van der Waals surface area contributed by atoms with Crippen LogP contribution in [0.2, 0.25) is 0 Å². The minimum atomic E-state index is 1.22. The van der Waals surface area contributed by atoms with Crippen molar-refractivity contribution in [2.45, 2.75) is 58.8 Å². The van der Waals surface area contributed by atoms with E-state index in [4.69, 9.17) is 0 Å². The number of aromatic amines is 1. The van der Waals surface area contributed by atoms with Gasteiger partial charge in [-0.25, -0.2) is 0 Å². The van der Waals surface area contributed by atoms with Crippen LogP contribution in [0.4, 0.5) is 0 Å². The molecule has 1 nitrogen and oxygen atoms in total. The lowest BCUT2D eigenvalue weighted by Gasteiger charge is -2.02. The van der Waals surface area contributed by atoms with Gasteiger partial charge in [-0.2, -0.15) is 0 Å². The molecule has 0 aliphatic heterocycles. The van der Waals surface area contributed by atoms with Gasteiger partial charge < -0.3 is 4.98 Å². The normalized spacial score (nSPS) is 11.2. The molecule has 1 N–H and O–H groups in total. The lowest BCUT2D eigenvalue weighted by molar-refractivity contribution is 0.607. The van der Waals surface area contributed by atoms with E-state index in [0.717, 1.165) is 0 Å². The first kappa shape index (κ1) is 13.2. The summed E-state index contributed by atoms with van der Waals surface area (Å²) in [7, 11) is 0. The summed E-state index contributed by atoms with van der Waals surface area (Å²) >= 11 is 0. The molecular formula is C17H25N. The van der Waals surface area contributed by atoms with Gasteiger partial charge in [-0.1, -0.05) is 57.2 Å². The van der Waals surface area contributed by atoms with Crippen molar-refractivity contribution in [3.05, 3.63) is 35.5 Å². The van der Waals surface area contributed by atoms with Gasteiger partial charge >= 0.3 is 0 Å². The second-order valence-electron chi connectivity index (χ2n) is 5.29. The third kappa shape index (κ3) is 3.16. The molecule has 98 valence electrons. The van der Waals surface area contributed by atoms with Crippen molar-refractivity contribution < 1.29 is 0 Å². The Morgan fingerprint density at radius 1 is 0.944 bits per heavy atom. The van der Waals surface area contributed by atoms with Gasteiger partial charge in [0.2, 0.25) is 0 Å². The average Bonchev–Trinajstić information content (AvgIpc) is 2.70. The molecule has 0 bridgehead atoms. The Bertz CT molecular complexity index is 481. The number of hydrogen-bond donors (Lipinski definition) is 1. The largest absolute Gasteiger partial charge is 0.358 e. The maximum Gasteiger partial charge on any atom is 0.0458 e. The van der Waals surface area contributed by atoms with Gasteiger partial charge in [0.05, 0.1) is 0 Å². The van der Waals surface area contributed by atoms with Crippen molar-refractivity contribution >= 4 is 10.9 Å². The SMILES string of the molecule is CCCCCCCCc1c(C)[nH]c2ccccc12. The molecule has 0 spiro atoms. The smallest absolute Gasteiger partial charge is 0.0458 e. The summed E-state index contributed by atoms with van der Waals surface area (Å²) in [6.07, 6.45) is 9.46. The van der Waals surface area contributed by atoms with E-state index in [1.54, 1.807) is 0 Å². The monoisotopic (exact) mass is 243 g/mol. The fraction of sp³-hybridized carbons (Fsp3) is 0.529. The van der Waals surface area contributed by atoms with Crippen LogP contribution < -0.4 is 0 Å². The van der Waals surface area contributed by atoms with Crippen molar-refractivity contribution in [1.82, 2.24) is 4.98 Å². The van der Waals surface area contributed by atoms with E-state index in [-0.39, 0.29) is 0 Å². The molecule has 0 amide bonds. The predicted octanol–water partition coefficient (Wildman–Crippen LogP) is 5.38. The zero-order valence-corrected chi connectivity index (χ0v) is 11.8. The van der Waals surface area contributed by atoms with Crippen LogP contribution in [-0.2, 0) is 6.42 Å². The maximum atomic E-state index is 3.49. The van der Waals surface area contributed by atoms with Crippen LogP contribution in [0.5, 0.6) is 0 Å². The molecule has 0 atom stereocenters. The Labute approximate surface area is 111 Å². The van der Waals surface area contributed by atoms with Crippen molar-refractivity contribution in [3.63, 3.8) is 0 Å². The highest BCUT2D eigenvalue weighted by atomic mass is 14.7. The molecule has 0 saturated carbocycles. The van der Waals surface area contributed by atoms with Crippen molar-refractivity contribution in [2.24, 2.45) is 0 Å². The van der Waals surface area contributed by atoms with Crippen LogP contribution in [0, 0.1) is 6.92 Å². The standard InChI is InChI=1S/C17H25N/c1-3-4-5-6-7-8-11-15-14(2)18-17-13-10-9-12-16(15)17/h9-10,12-13,18H,3-8,11H2,1-2H3. The van der Waals surface area contributed by atoms with E-state index in [1.807, 2.05) is 0 Å². The topological polar surface area (TPSA) is 15.8 Å². The first-order chi connectivity index (χ1) is 8.83. The van der Waals surface area contributed by atoms with E-state index >= 15 is 0 Å². The molecule has 2 aromatic rings. The zero-order chi connectivity index (χ0) is 12.8. The second-order valence-corrected chi connectivity index (χ2v) is 5.29. The number of benzene rings is 1. The summed E-state index contributed by atoms with van der Waals surface area (Å²) in [4.78, 5) is 3.49. The summed E-state index contributed by atoms with van der Waals surface area (Å²) in [5.74, 6) is 0. The van der Waals surface area contributed by atoms with Crippen LogP contribution in [-0.4, -0.2) is 4.98 Å². The van der Waals surface area contributed by atoms with Crippen LogP contribution in [0.3, 0.4) is 0 Å². The Balaban J connectivity index is 1.89. The van der Waals surface area contributed by atoms with E-state index < -0.39 is 0 Å². The molecule has 18 heavy (non-hydrogen) atoms. The number of H-pyrrole nitrogens is 1. The Kier molecular flexibility index (Phi) is 4.86. The molecule has 0 aliphatic carbocycles. The first-order valence-electron chi connectivity index (χ1n) is 7.39. The molecule has 2 rings (SSSR count).